The third-order valence-corrected chi connectivity index (χ3v) is 3.72. The van der Waals surface area contributed by atoms with E-state index in [-0.39, 0.29) is 0 Å². The van der Waals surface area contributed by atoms with Gasteiger partial charge < -0.3 is 10.1 Å². The average molecular weight is 270 g/mol. The van der Waals surface area contributed by atoms with Gasteiger partial charge in [-0.1, -0.05) is 24.3 Å². The summed E-state index contributed by atoms with van der Waals surface area (Å²) in [7, 11) is 0. The fourth-order valence-corrected chi connectivity index (χ4v) is 2.37. The van der Waals surface area contributed by atoms with Crippen LogP contribution in [0.5, 0.6) is 0 Å². The zero-order valence-electron chi connectivity index (χ0n) is 11.8. The molecular weight excluding hydrogens is 248 g/mol. The zero-order valence-corrected chi connectivity index (χ0v) is 11.8. The minimum atomic E-state index is 0.865. The Morgan fingerprint density at radius 3 is 3.00 bits per heavy atom. The zero-order chi connectivity index (χ0) is 13.6. The first-order chi connectivity index (χ1) is 9.93. The highest BCUT2D eigenvalue weighted by atomic mass is 16.5. The maximum atomic E-state index is 5.63. The maximum Gasteiger partial charge on any atom is 0.0746 e. The average Bonchev–Trinajstić information content (AvgIpc) is 3.30. The maximum absolute atomic E-state index is 5.63. The Hall–Kier alpha value is -1.45. The molecule has 0 amide bonds. The van der Waals surface area contributed by atoms with Crippen LogP contribution in [0.3, 0.4) is 0 Å². The summed E-state index contributed by atoms with van der Waals surface area (Å²) in [4.78, 5) is 4.47. The number of benzene rings is 1. The van der Waals surface area contributed by atoms with Gasteiger partial charge in [0, 0.05) is 31.3 Å². The molecule has 1 N–H and O–H groups in total. The monoisotopic (exact) mass is 270 g/mol. The van der Waals surface area contributed by atoms with Gasteiger partial charge in [0.2, 0.25) is 0 Å². The summed E-state index contributed by atoms with van der Waals surface area (Å²) in [6.45, 7) is 3.70. The van der Waals surface area contributed by atoms with Crippen molar-refractivity contribution in [3.05, 3.63) is 42.1 Å². The number of hydrogen-bond acceptors (Lipinski definition) is 3. The van der Waals surface area contributed by atoms with Crippen molar-refractivity contribution in [3.63, 3.8) is 0 Å². The van der Waals surface area contributed by atoms with E-state index in [4.69, 9.17) is 4.74 Å². The Balaban J connectivity index is 1.40. The number of hydrogen-bond donors (Lipinski definition) is 1. The highest BCUT2D eigenvalue weighted by molar-refractivity contribution is 5.81. The molecule has 1 aromatic heterocycles. The molecule has 2 aromatic rings. The van der Waals surface area contributed by atoms with E-state index >= 15 is 0 Å². The van der Waals surface area contributed by atoms with Crippen molar-refractivity contribution in [1.82, 2.24) is 10.3 Å². The van der Waals surface area contributed by atoms with Crippen LogP contribution in [-0.4, -0.2) is 24.7 Å². The van der Waals surface area contributed by atoms with Gasteiger partial charge >= 0.3 is 0 Å². The van der Waals surface area contributed by atoms with Crippen molar-refractivity contribution in [2.24, 2.45) is 5.92 Å². The van der Waals surface area contributed by atoms with E-state index in [0.717, 1.165) is 44.2 Å². The van der Waals surface area contributed by atoms with Crippen molar-refractivity contribution in [1.29, 1.82) is 0 Å². The van der Waals surface area contributed by atoms with Crippen LogP contribution in [0.25, 0.3) is 10.9 Å². The van der Waals surface area contributed by atoms with Crippen LogP contribution in [-0.2, 0) is 11.3 Å². The van der Waals surface area contributed by atoms with Gasteiger partial charge in [0.1, 0.15) is 0 Å². The summed E-state index contributed by atoms with van der Waals surface area (Å²) in [6.07, 6.45) is 5.67. The van der Waals surface area contributed by atoms with E-state index in [1.807, 2.05) is 12.3 Å². The third kappa shape index (κ3) is 3.78. The highest BCUT2D eigenvalue weighted by Gasteiger charge is 2.20. The summed E-state index contributed by atoms with van der Waals surface area (Å²) >= 11 is 0. The molecule has 1 fully saturated rings. The molecule has 1 aliphatic carbocycles. The number of pyridine rings is 1. The van der Waals surface area contributed by atoms with Crippen molar-refractivity contribution in [3.8, 4) is 0 Å². The lowest BCUT2D eigenvalue weighted by molar-refractivity contribution is 0.122. The summed E-state index contributed by atoms with van der Waals surface area (Å²) < 4.78 is 5.63. The normalized spacial score (nSPS) is 14.8. The van der Waals surface area contributed by atoms with Gasteiger partial charge in [-0.3, -0.25) is 4.98 Å². The molecule has 1 heterocycles. The molecule has 0 atom stereocenters. The molecular formula is C17H22N2O. The summed E-state index contributed by atoms with van der Waals surface area (Å²) in [6, 6.07) is 10.4. The second kappa shape index (κ2) is 6.82. The van der Waals surface area contributed by atoms with Gasteiger partial charge in [-0.15, -0.1) is 0 Å². The molecule has 0 spiro atoms. The van der Waals surface area contributed by atoms with E-state index in [1.165, 1.54) is 23.8 Å². The molecule has 20 heavy (non-hydrogen) atoms. The largest absolute Gasteiger partial charge is 0.381 e. The minimum absolute atomic E-state index is 0.865. The quantitative estimate of drug-likeness (QED) is 0.748. The fraction of sp³-hybridized carbons (Fsp3) is 0.471. The van der Waals surface area contributed by atoms with Crippen molar-refractivity contribution in [2.75, 3.05) is 19.8 Å². The standard InChI is InChI=1S/C17H22N2O/c1-4-15-6-2-10-19-17(15)16(5-1)12-18-9-3-11-20-13-14-7-8-14/h1-2,4-6,10,14,18H,3,7-9,11-13H2. The van der Waals surface area contributed by atoms with Crippen LogP contribution in [0.4, 0.5) is 0 Å². The van der Waals surface area contributed by atoms with Crippen LogP contribution in [0.15, 0.2) is 36.5 Å². The number of para-hydroxylation sites is 1. The lowest BCUT2D eigenvalue weighted by Gasteiger charge is -2.08. The number of nitrogens with one attached hydrogen (secondary N) is 1. The van der Waals surface area contributed by atoms with Gasteiger partial charge in [-0.2, -0.15) is 0 Å². The molecule has 0 saturated heterocycles. The topological polar surface area (TPSA) is 34.2 Å². The number of nitrogens with zero attached hydrogens (tertiary/aromatic N) is 1. The second-order valence-corrected chi connectivity index (χ2v) is 5.54. The molecule has 3 nitrogen and oxygen atoms in total. The summed E-state index contributed by atoms with van der Waals surface area (Å²) in [5.74, 6) is 0.865. The Morgan fingerprint density at radius 2 is 2.10 bits per heavy atom. The van der Waals surface area contributed by atoms with Gasteiger partial charge in [0.05, 0.1) is 5.52 Å². The summed E-state index contributed by atoms with van der Waals surface area (Å²) in [5.41, 5.74) is 2.37. The van der Waals surface area contributed by atoms with Crippen LogP contribution < -0.4 is 5.32 Å². The first kappa shape index (κ1) is 13.5. The van der Waals surface area contributed by atoms with E-state index in [0.29, 0.717) is 0 Å². The molecule has 106 valence electrons. The highest BCUT2D eigenvalue weighted by Crippen LogP contribution is 2.28. The van der Waals surface area contributed by atoms with Gasteiger partial charge in [0.15, 0.2) is 0 Å². The van der Waals surface area contributed by atoms with Gasteiger partial charge in [-0.05, 0) is 43.4 Å². The molecule has 1 aliphatic rings. The molecule has 1 aromatic carbocycles. The molecule has 0 bridgehead atoms. The Labute approximate surface area is 120 Å². The van der Waals surface area contributed by atoms with Crippen LogP contribution in [0, 0.1) is 5.92 Å². The molecule has 0 unspecified atom stereocenters. The first-order valence-electron chi connectivity index (χ1n) is 7.54. The van der Waals surface area contributed by atoms with Crippen molar-refractivity contribution < 1.29 is 4.74 Å². The molecule has 3 heteroatoms. The van der Waals surface area contributed by atoms with Gasteiger partial charge in [0.25, 0.3) is 0 Å². The van der Waals surface area contributed by atoms with E-state index < -0.39 is 0 Å². The smallest absolute Gasteiger partial charge is 0.0746 e. The molecule has 0 radical (unpaired) electrons. The number of aromatic nitrogens is 1. The number of rotatable bonds is 8. The minimum Gasteiger partial charge on any atom is -0.381 e. The predicted octanol–water partition coefficient (Wildman–Crippen LogP) is 3.14. The fourth-order valence-electron chi connectivity index (χ4n) is 2.37. The van der Waals surface area contributed by atoms with E-state index in [2.05, 4.69) is 34.6 Å². The molecule has 3 rings (SSSR count). The first-order valence-corrected chi connectivity index (χ1v) is 7.54. The van der Waals surface area contributed by atoms with Crippen molar-refractivity contribution in [2.45, 2.75) is 25.8 Å². The molecule has 1 saturated carbocycles. The predicted molar refractivity (Wildman–Crippen MR) is 81.6 cm³/mol. The van der Waals surface area contributed by atoms with E-state index in [1.54, 1.807) is 0 Å². The Bertz CT molecular complexity index is 546. The Kier molecular flexibility index (Phi) is 4.61. The second-order valence-electron chi connectivity index (χ2n) is 5.54. The Morgan fingerprint density at radius 1 is 1.20 bits per heavy atom. The van der Waals surface area contributed by atoms with Crippen molar-refractivity contribution >= 4 is 10.9 Å². The molecule has 0 aliphatic heterocycles. The lowest BCUT2D eigenvalue weighted by atomic mass is 10.1. The summed E-state index contributed by atoms with van der Waals surface area (Å²) in [5, 5.41) is 4.69. The van der Waals surface area contributed by atoms with E-state index in [9.17, 15) is 0 Å². The van der Waals surface area contributed by atoms with Crippen LogP contribution >= 0.6 is 0 Å². The number of fused-ring (bicyclic) bond motifs is 1. The lowest BCUT2D eigenvalue weighted by Crippen LogP contribution is -2.17. The SMILES string of the molecule is c1cnc2c(CNCCCOCC3CC3)cccc2c1. The number of ether oxygens (including phenoxy) is 1. The van der Waals surface area contributed by atoms with Crippen LogP contribution in [0.2, 0.25) is 0 Å². The van der Waals surface area contributed by atoms with Crippen LogP contribution in [0.1, 0.15) is 24.8 Å². The van der Waals surface area contributed by atoms with Gasteiger partial charge in [-0.25, -0.2) is 0 Å². The third-order valence-electron chi connectivity index (χ3n) is 3.72.